The number of nitrogens with one attached hydrogen (secondary N) is 2. The molecule has 1 aromatic heterocycles. The molecule has 6 heteroatoms. The number of aromatic nitrogens is 1. The van der Waals surface area contributed by atoms with Crippen LogP contribution in [0.4, 0.5) is 0 Å². The highest BCUT2D eigenvalue weighted by atomic mass is 35.5. The number of rotatable bonds is 5. The Hall–Kier alpha value is -1.82. The number of benzene rings is 2. The molecule has 0 fully saturated rings. The number of aromatic amines is 1. The van der Waals surface area contributed by atoms with E-state index in [1.165, 1.54) is 12.1 Å². The van der Waals surface area contributed by atoms with Gasteiger partial charge < -0.3 is 4.98 Å². The van der Waals surface area contributed by atoms with E-state index in [9.17, 15) is 8.42 Å². The van der Waals surface area contributed by atoms with E-state index in [4.69, 9.17) is 11.6 Å². The lowest BCUT2D eigenvalue weighted by Gasteiger charge is -2.07. The minimum absolute atomic E-state index is 0.220. The van der Waals surface area contributed by atoms with E-state index in [1.807, 2.05) is 31.2 Å². The third-order valence-electron chi connectivity index (χ3n) is 3.82. The molecule has 0 aliphatic rings. The number of hydrogen-bond donors (Lipinski definition) is 2. The molecule has 23 heavy (non-hydrogen) atoms. The quantitative estimate of drug-likeness (QED) is 0.739. The van der Waals surface area contributed by atoms with E-state index >= 15 is 0 Å². The molecule has 0 saturated heterocycles. The predicted molar refractivity (Wildman–Crippen MR) is 93.4 cm³/mol. The van der Waals surface area contributed by atoms with Crippen LogP contribution in [0.2, 0.25) is 5.02 Å². The summed E-state index contributed by atoms with van der Waals surface area (Å²) in [5.74, 6) is 0. The standard InChI is InChI=1S/C17H17ClN2O2S/c1-12-15(16-4-2-3-5-17(16)20-12)10-11-19-23(21,22)14-8-6-13(18)7-9-14/h2-9,19-20H,10-11H2,1H3. The van der Waals surface area contributed by atoms with E-state index in [0.717, 1.165) is 22.2 Å². The lowest BCUT2D eigenvalue weighted by Crippen LogP contribution is -2.26. The fourth-order valence-corrected chi connectivity index (χ4v) is 3.82. The van der Waals surface area contributed by atoms with Gasteiger partial charge in [-0.05, 0) is 49.2 Å². The summed E-state index contributed by atoms with van der Waals surface area (Å²) in [4.78, 5) is 3.54. The molecule has 0 unspecified atom stereocenters. The zero-order valence-electron chi connectivity index (χ0n) is 12.6. The van der Waals surface area contributed by atoms with Crippen molar-refractivity contribution in [1.29, 1.82) is 0 Å². The average molecular weight is 349 g/mol. The molecule has 0 radical (unpaired) electrons. The largest absolute Gasteiger partial charge is 0.358 e. The summed E-state index contributed by atoms with van der Waals surface area (Å²) in [6.07, 6.45) is 0.628. The highest BCUT2D eigenvalue weighted by Gasteiger charge is 2.14. The number of halogens is 1. The topological polar surface area (TPSA) is 62.0 Å². The van der Waals surface area contributed by atoms with E-state index < -0.39 is 10.0 Å². The van der Waals surface area contributed by atoms with Gasteiger partial charge in [0.1, 0.15) is 0 Å². The SMILES string of the molecule is Cc1[nH]c2ccccc2c1CCNS(=O)(=O)c1ccc(Cl)cc1. The van der Waals surface area contributed by atoms with Gasteiger partial charge in [0, 0.05) is 28.2 Å². The van der Waals surface area contributed by atoms with Crippen LogP contribution in [0.5, 0.6) is 0 Å². The van der Waals surface area contributed by atoms with E-state index in [1.54, 1.807) is 12.1 Å². The first-order valence-corrected chi connectivity index (χ1v) is 9.15. The molecule has 4 nitrogen and oxygen atoms in total. The monoisotopic (exact) mass is 348 g/mol. The summed E-state index contributed by atoms with van der Waals surface area (Å²) in [5.41, 5.74) is 3.27. The number of H-pyrrole nitrogens is 1. The number of aryl methyl sites for hydroxylation is 1. The summed E-state index contributed by atoms with van der Waals surface area (Å²) < 4.78 is 27.2. The maximum absolute atomic E-state index is 12.3. The Labute approximate surface area is 140 Å². The third-order valence-corrected chi connectivity index (χ3v) is 5.55. The summed E-state index contributed by atoms with van der Waals surface area (Å²) in [6, 6.07) is 14.2. The van der Waals surface area contributed by atoms with Crippen LogP contribution in [0.25, 0.3) is 10.9 Å². The van der Waals surface area contributed by atoms with Crippen LogP contribution in [0.1, 0.15) is 11.3 Å². The maximum atomic E-state index is 12.3. The smallest absolute Gasteiger partial charge is 0.240 e. The van der Waals surface area contributed by atoms with Gasteiger partial charge in [0.2, 0.25) is 10.0 Å². The minimum atomic E-state index is -3.52. The summed E-state index contributed by atoms with van der Waals surface area (Å²) in [5, 5.41) is 1.65. The first kappa shape index (κ1) is 16.1. The van der Waals surface area contributed by atoms with Crippen molar-refractivity contribution in [2.45, 2.75) is 18.2 Å². The minimum Gasteiger partial charge on any atom is -0.358 e. The Balaban J connectivity index is 1.73. The Morgan fingerprint density at radius 3 is 2.52 bits per heavy atom. The first-order valence-electron chi connectivity index (χ1n) is 7.29. The molecule has 0 amide bonds. The zero-order valence-corrected chi connectivity index (χ0v) is 14.2. The second-order valence-corrected chi connectivity index (χ2v) is 7.58. The highest BCUT2D eigenvalue weighted by molar-refractivity contribution is 7.89. The van der Waals surface area contributed by atoms with Crippen molar-refractivity contribution in [1.82, 2.24) is 9.71 Å². The number of hydrogen-bond acceptors (Lipinski definition) is 2. The molecule has 0 aliphatic carbocycles. The molecular formula is C17H17ClN2O2S. The highest BCUT2D eigenvalue weighted by Crippen LogP contribution is 2.22. The van der Waals surface area contributed by atoms with Gasteiger partial charge >= 0.3 is 0 Å². The molecule has 0 aliphatic heterocycles. The van der Waals surface area contributed by atoms with Gasteiger partial charge in [-0.3, -0.25) is 0 Å². The van der Waals surface area contributed by atoms with Crippen LogP contribution in [-0.2, 0) is 16.4 Å². The van der Waals surface area contributed by atoms with Gasteiger partial charge in [0.15, 0.2) is 0 Å². The Morgan fingerprint density at radius 1 is 1.09 bits per heavy atom. The van der Waals surface area contributed by atoms with Crippen LogP contribution in [0.15, 0.2) is 53.4 Å². The molecule has 3 aromatic rings. The normalized spacial score (nSPS) is 11.9. The molecule has 2 N–H and O–H groups in total. The molecule has 0 spiro atoms. The first-order chi connectivity index (χ1) is 11.0. The van der Waals surface area contributed by atoms with Gasteiger partial charge in [0.05, 0.1) is 4.90 Å². The fourth-order valence-electron chi connectivity index (χ4n) is 2.66. The van der Waals surface area contributed by atoms with E-state index in [0.29, 0.717) is 18.0 Å². The van der Waals surface area contributed by atoms with Crippen LogP contribution in [0.3, 0.4) is 0 Å². The maximum Gasteiger partial charge on any atom is 0.240 e. The number of sulfonamides is 1. The molecule has 0 bridgehead atoms. The second kappa shape index (κ2) is 6.35. The van der Waals surface area contributed by atoms with Crippen molar-refractivity contribution >= 4 is 32.5 Å². The Kier molecular flexibility index (Phi) is 4.43. The van der Waals surface area contributed by atoms with Crippen molar-refractivity contribution in [3.63, 3.8) is 0 Å². The lowest BCUT2D eigenvalue weighted by molar-refractivity contribution is 0.581. The molecule has 0 atom stereocenters. The van der Waals surface area contributed by atoms with E-state index in [2.05, 4.69) is 9.71 Å². The summed E-state index contributed by atoms with van der Waals surface area (Å²) in [7, 11) is -3.52. The molecular weight excluding hydrogens is 332 g/mol. The van der Waals surface area contributed by atoms with Gasteiger partial charge in [-0.15, -0.1) is 0 Å². The second-order valence-electron chi connectivity index (χ2n) is 5.38. The average Bonchev–Trinajstić information content (AvgIpc) is 2.84. The fraction of sp³-hybridized carbons (Fsp3) is 0.176. The van der Waals surface area contributed by atoms with Crippen LogP contribution in [-0.4, -0.2) is 19.9 Å². The van der Waals surface area contributed by atoms with Crippen LogP contribution < -0.4 is 4.72 Å². The summed E-state index contributed by atoms with van der Waals surface area (Å²) in [6.45, 7) is 2.34. The van der Waals surface area contributed by atoms with Crippen LogP contribution in [0, 0.1) is 6.92 Å². The molecule has 120 valence electrons. The number of para-hydroxylation sites is 1. The van der Waals surface area contributed by atoms with Crippen molar-refractivity contribution in [2.24, 2.45) is 0 Å². The van der Waals surface area contributed by atoms with Gasteiger partial charge in [0.25, 0.3) is 0 Å². The molecule has 1 heterocycles. The van der Waals surface area contributed by atoms with Crippen LogP contribution >= 0.6 is 11.6 Å². The van der Waals surface area contributed by atoms with Crippen molar-refractivity contribution in [3.05, 3.63) is 64.8 Å². The lowest BCUT2D eigenvalue weighted by atomic mass is 10.1. The van der Waals surface area contributed by atoms with Crippen molar-refractivity contribution < 1.29 is 8.42 Å². The van der Waals surface area contributed by atoms with Gasteiger partial charge in [-0.25, -0.2) is 13.1 Å². The van der Waals surface area contributed by atoms with Gasteiger partial charge in [-0.1, -0.05) is 29.8 Å². The van der Waals surface area contributed by atoms with Crippen molar-refractivity contribution in [2.75, 3.05) is 6.54 Å². The van der Waals surface area contributed by atoms with Crippen molar-refractivity contribution in [3.8, 4) is 0 Å². The molecule has 3 rings (SSSR count). The number of fused-ring (bicyclic) bond motifs is 1. The summed E-state index contributed by atoms with van der Waals surface area (Å²) >= 11 is 5.79. The predicted octanol–water partition coefficient (Wildman–Crippen LogP) is 3.65. The molecule has 2 aromatic carbocycles. The Bertz CT molecular complexity index is 931. The van der Waals surface area contributed by atoms with Gasteiger partial charge in [-0.2, -0.15) is 0 Å². The Morgan fingerprint density at radius 2 is 1.78 bits per heavy atom. The zero-order chi connectivity index (χ0) is 16.4. The third kappa shape index (κ3) is 3.42. The van der Waals surface area contributed by atoms with E-state index in [-0.39, 0.29) is 4.90 Å². The molecule has 0 saturated carbocycles.